The Bertz CT molecular complexity index is 1320. The normalized spacial score (nSPS) is 10.8. The number of hydrogen-bond acceptors (Lipinski definition) is 5. The van der Waals surface area contributed by atoms with Gasteiger partial charge in [-0.1, -0.05) is 35.9 Å². The van der Waals surface area contributed by atoms with Gasteiger partial charge in [0.15, 0.2) is 0 Å². The van der Waals surface area contributed by atoms with Crippen LogP contribution in [0.5, 0.6) is 17.2 Å². The van der Waals surface area contributed by atoms with Gasteiger partial charge in [0.05, 0.1) is 16.0 Å². The van der Waals surface area contributed by atoms with Crippen molar-refractivity contribution in [2.24, 2.45) is 0 Å². The van der Waals surface area contributed by atoms with E-state index in [1.807, 2.05) is 32.0 Å². The molecular weight excluding hydrogens is 404 g/mol. The number of benzene rings is 3. The van der Waals surface area contributed by atoms with Crippen molar-refractivity contribution in [3.05, 3.63) is 98.9 Å². The largest absolute Gasteiger partial charge is 0.460 e. The fourth-order valence-corrected chi connectivity index (χ4v) is 3.16. The van der Waals surface area contributed by atoms with Crippen molar-refractivity contribution in [3.8, 4) is 17.2 Å². The third-order valence-electron chi connectivity index (χ3n) is 4.58. The highest BCUT2D eigenvalue weighted by atomic mass is 35.5. The van der Waals surface area contributed by atoms with Gasteiger partial charge in [0, 0.05) is 6.07 Å². The molecule has 1 aromatic heterocycles. The number of fused-ring (bicyclic) bond motifs is 1. The van der Waals surface area contributed by atoms with E-state index >= 15 is 0 Å². The Morgan fingerprint density at radius 1 is 0.967 bits per heavy atom. The van der Waals surface area contributed by atoms with Gasteiger partial charge in [-0.3, -0.25) is 4.79 Å². The van der Waals surface area contributed by atoms with Crippen LogP contribution in [-0.4, -0.2) is 5.97 Å². The summed E-state index contributed by atoms with van der Waals surface area (Å²) in [6.07, 6.45) is 1.26. The van der Waals surface area contributed by atoms with Crippen molar-refractivity contribution in [2.45, 2.75) is 13.8 Å². The standard InChI is InChI=1S/C24H17ClO5/c1-14-7-8-15(2)20(11-14)30-22-13-28-21-12-16(9-10-18(21)23(22)26)29-24(27)17-5-3-4-6-19(17)25/h3-13H,1-2H3. The highest BCUT2D eigenvalue weighted by molar-refractivity contribution is 6.33. The molecule has 0 atom stereocenters. The van der Waals surface area contributed by atoms with E-state index in [1.165, 1.54) is 24.5 Å². The Morgan fingerprint density at radius 2 is 1.77 bits per heavy atom. The van der Waals surface area contributed by atoms with Gasteiger partial charge in [0.25, 0.3) is 0 Å². The van der Waals surface area contributed by atoms with E-state index < -0.39 is 5.97 Å². The minimum atomic E-state index is -0.600. The number of esters is 1. The Hall–Kier alpha value is -3.57. The first-order valence-corrected chi connectivity index (χ1v) is 9.57. The molecule has 4 rings (SSSR count). The van der Waals surface area contributed by atoms with E-state index in [9.17, 15) is 9.59 Å². The van der Waals surface area contributed by atoms with Crippen LogP contribution in [0.15, 0.2) is 76.1 Å². The number of aryl methyl sites for hydroxylation is 2. The van der Waals surface area contributed by atoms with Crippen LogP contribution in [0, 0.1) is 13.8 Å². The van der Waals surface area contributed by atoms with Gasteiger partial charge in [0.1, 0.15) is 23.3 Å². The minimum Gasteiger partial charge on any atom is -0.460 e. The van der Waals surface area contributed by atoms with Gasteiger partial charge in [0.2, 0.25) is 11.2 Å². The van der Waals surface area contributed by atoms with E-state index in [0.29, 0.717) is 16.2 Å². The lowest BCUT2D eigenvalue weighted by Gasteiger charge is -2.10. The van der Waals surface area contributed by atoms with E-state index in [4.69, 9.17) is 25.5 Å². The first-order chi connectivity index (χ1) is 14.4. The van der Waals surface area contributed by atoms with Crippen molar-refractivity contribution in [1.29, 1.82) is 0 Å². The van der Waals surface area contributed by atoms with E-state index in [1.54, 1.807) is 24.3 Å². The average molecular weight is 421 g/mol. The number of carbonyl (C=O) groups excluding carboxylic acids is 1. The summed E-state index contributed by atoms with van der Waals surface area (Å²) in [5.41, 5.74) is 2.13. The fourth-order valence-electron chi connectivity index (χ4n) is 2.95. The monoisotopic (exact) mass is 420 g/mol. The number of rotatable bonds is 4. The summed E-state index contributed by atoms with van der Waals surface area (Å²) in [4.78, 5) is 25.2. The molecule has 0 N–H and O–H groups in total. The maximum Gasteiger partial charge on any atom is 0.345 e. The quantitative estimate of drug-likeness (QED) is 0.296. The lowest BCUT2D eigenvalue weighted by molar-refractivity contribution is 0.0735. The first kappa shape index (κ1) is 19.7. The summed E-state index contributed by atoms with van der Waals surface area (Å²) in [5.74, 6) is 0.305. The average Bonchev–Trinajstić information content (AvgIpc) is 2.73. The highest BCUT2D eigenvalue weighted by Crippen LogP contribution is 2.27. The topological polar surface area (TPSA) is 65.7 Å². The molecule has 6 heteroatoms. The molecule has 0 amide bonds. The molecule has 150 valence electrons. The van der Waals surface area contributed by atoms with Crippen molar-refractivity contribution >= 4 is 28.5 Å². The number of halogens is 1. The maximum absolute atomic E-state index is 12.8. The summed E-state index contributed by atoms with van der Waals surface area (Å²) in [7, 11) is 0. The Balaban J connectivity index is 1.63. The lowest BCUT2D eigenvalue weighted by atomic mass is 10.1. The van der Waals surface area contributed by atoms with Gasteiger partial charge >= 0.3 is 5.97 Å². The van der Waals surface area contributed by atoms with Gasteiger partial charge in [-0.25, -0.2) is 4.79 Å². The molecule has 0 spiro atoms. The van der Waals surface area contributed by atoms with Crippen LogP contribution in [0.1, 0.15) is 21.5 Å². The zero-order valence-electron chi connectivity index (χ0n) is 16.3. The Kier molecular flexibility index (Phi) is 5.29. The van der Waals surface area contributed by atoms with Crippen LogP contribution in [0.3, 0.4) is 0 Å². The number of carbonyl (C=O) groups is 1. The molecule has 5 nitrogen and oxygen atoms in total. The first-order valence-electron chi connectivity index (χ1n) is 9.20. The molecule has 0 bridgehead atoms. The van der Waals surface area contributed by atoms with Crippen LogP contribution in [-0.2, 0) is 0 Å². The molecule has 0 aliphatic heterocycles. The zero-order valence-corrected chi connectivity index (χ0v) is 17.0. The zero-order chi connectivity index (χ0) is 21.3. The van der Waals surface area contributed by atoms with E-state index in [2.05, 4.69) is 0 Å². The van der Waals surface area contributed by atoms with Crippen molar-refractivity contribution in [3.63, 3.8) is 0 Å². The van der Waals surface area contributed by atoms with Crippen LogP contribution < -0.4 is 14.9 Å². The summed E-state index contributed by atoms with van der Waals surface area (Å²) >= 11 is 6.03. The molecule has 0 aliphatic carbocycles. The second-order valence-corrected chi connectivity index (χ2v) is 7.23. The summed E-state index contributed by atoms with van der Waals surface area (Å²) in [6.45, 7) is 3.84. The fraction of sp³-hybridized carbons (Fsp3) is 0.0833. The van der Waals surface area contributed by atoms with E-state index in [0.717, 1.165) is 11.1 Å². The van der Waals surface area contributed by atoms with Crippen LogP contribution in [0.2, 0.25) is 5.02 Å². The third kappa shape index (κ3) is 3.93. The minimum absolute atomic E-state index is 0.0806. The Labute approximate surface area is 177 Å². The second-order valence-electron chi connectivity index (χ2n) is 6.83. The molecule has 4 aromatic rings. The highest BCUT2D eigenvalue weighted by Gasteiger charge is 2.15. The van der Waals surface area contributed by atoms with Gasteiger partial charge in [-0.05, 0) is 55.3 Å². The van der Waals surface area contributed by atoms with Crippen molar-refractivity contribution in [1.82, 2.24) is 0 Å². The maximum atomic E-state index is 12.8. The lowest BCUT2D eigenvalue weighted by Crippen LogP contribution is -2.09. The van der Waals surface area contributed by atoms with E-state index in [-0.39, 0.29) is 28.1 Å². The molecular formula is C24H17ClO5. The molecule has 0 unspecified atom stereocenters. The summed E-state index contributed by atoms with van der Waals surface area (Å²) in [5, 5.41) is 0.610. The van der Waals surface area contributed by atoms with Crippen molar-refractivity contribution < 1.29 is 18.7 Å². The molecule has 0 saturated heterocycles. The van der Waals surface area contributed by atoms with Crippen molar-refractivity contribution in [2.75, 3.05) is 0 Å². The smallest absolute Gasteiger partial charge is 0.345 e. The molecule has 0 aliphatic rings. The molecule has 1 heterocycles. The summed E-state index contributed by atoms with van der Waals surface area (Å²) in [6, 6.07) is 16.9. The van der Waals surface area contributed by atoms with Crippen LogP contribution in [0.25, 0.3) is 11.0 Å². The molecule has 0 fully saturated rings. The molecule has 0 radical (unpaired) electrons. The van der Waals surface area contributed by atoms with Gasteiger partial charge in [-0.15, -0.1) is 0 Å². The predicted octanol–water partition coefficient (Wildman–Crippen LogP) is 6.07. The van der Waals surface area contributed by atoms with Crippen LogP contribution >= 0.6 is 11.6 Å². The molecule has 30 heavy (non-hydrogen) atoms. The number of ether oxygens (including phenoxy) is 2. The SMILES string of the molecule is Cc1ccc(C)c(Oc2coc3cc(OC(=O)c4ccccc4Cl)ccc3c2=O)c1. The molecule has 3 aromatic carbocycles. The second kappa shape index (κ2) is 8.05. The number of hydrogen-bond donors (Lipinski definition) is 0. The summed E-state index contributed by atoms with van der Waals surface area (Å²) < 4.78 is 16.7. The van der Waals surface area contributed by atoms with Gasteiger partial charge < -0.3 is 13.9 Å². The van der Waals surface area contributed by atoms with Gasteiger partial charge in [-0.2, -0.15) is 0 Å². The predicted molar refractivity (Wildman–Crippen MR) is 115 cm³/mol. The third-order valence-corrected chi connectivity index (χ3v) is 4.91. The molecule has 0 saturated carbocycles. The Morgan fingerprint density at radius 3 is 2.57 bits per heavy atom. The van der Waals surface area contributed by atoms with Crippen LogP contribution in [0.4, 0.5) is 0 Å².